The lowest BCUT2D eigenvalue weighted by Gasteiger charge is -2.26. The summed E-state index contributed by atoms with van der Waals surface area (Å²) in [7, 11) is 0. The first kappa shape index (κ1) is 23.4. The molecule has 0 aromatic heterocycles. The second-order valence-corrected chi connectivity index (χ2v) is 10.7. The summed E-state index contributed by atoms with van der Waals surface area (Å²) in [5, 5.41) is 20.7. The second kappa shape index (κ2) is 12.5. The molecule has 0 unspecified atom stereocenters. The van der Waals surface area contributed by atoms with Crippen molar-refractivity contribution in [3.05, 3.63) is 23.8 Å². The number of piperidine rings is 1. The van der Waals surface area contributed by atoms with Gasteiger partial charge in [-0.2, -0.15) is 11.8 Å². The van der Waals surface area contributed by atoms with Gasteiger partial charge in [0.15, 0.2) is 0 Å². The Hall–Kier alpha value is -0.290. The quantitative estimate of drug-likeness (QED) is 0.342. The van der Waals surface area contributed by atoms with Gasteiger partial charge in [0.1, 0.15) is 0 Å². The lowest BCUT2D eigenvalue weighted by molar-refractivity contribution is 0.139. The van der Waals surface area contributed by atoms with Crippen molar-refractivity contribution in [2.75, 3.05) is 31.1 Å². The van der Waals surface area contributed by atoms with Gasteiger partial charge in [0.05, 0.1) is 12.2 Å². The largest absolute Gasteiger partial charge is 0.392 e. The van der Waals surface area contributed by atoms with Crippen molar-refractivity contribution >= 4 is 11.8 Å². The highest BCUT2D eigenvalue weighted by Crippen LogP contribution is 2.48. The first-order chi connectivity index (χ1) is 14.2. The molecule has 5 atom stereocenters. The number of aliphatic hydroxyl groups excluding tert-OH is 2. The summed E-state index contributed by atoms with van der Waals surface area (Å²) < 4.78 is 0. The van der Waals surface area contributed by atoms with Crippen molar-refractivity contribution in [3.8, 4) is 0 Å². The lowest BCUT2D eigenvalue weighted by Crippen LogP contribution is -2.31. The molecule has 0 spiro atoms. The van der Waals surface area contributed by atoms with E-state index in [2.05, 4.69) is 35.7 Å². The van der Waals surface area contributed by atoms with Gasteiger partial charge in [-0.15, -0.1) is 0 Å². The zero-order chi connectivity index (χ0) is 20.5. The maximum Gasteiger partial charge on any atom is 0.0721 e. The van der Waals surface area contributed by atoms with E-state index in [0.717, 1.165) is 25.7 Å². The smallest absolute Gasteiger partial charge is 0.0721 e. The molecule has 1 saturated carbocycles. The SMILES string of the molecule is CCCCC[C@H](O)/C=C/[C@@H]1[C@H]2CC(CCSCCN3CCCCC3)=C[C@H]2C[C@H]1O. The zero-order valence-corrected chi connectivity index (χ0v) is 19.3. The third-order valence-corrected chi connectivity index (χ3v) is 8.14. The van der Waals surface area contributed by atoms with Gasteiger partial charge in [0, 0.05) is 18.2 Å². The molecule has 0 radical (unpaired) electrons. The second-order valence-electron chi connectivity index (χ2n) is 9.45. The van der Waals surface area contributed by atoms with Crippen LogP contribution in [-0.4, -0.2) is 58.5 Å². The van der Waals surface area contributed by atoms with Gasteiger partial charge >= 0.3 is 0 Å². The molecule has 166 valence electrons. The summed E-state index contributed by atoms with van der Waals surface area (Å²) in [5.74, 6) is 3.82. The Morgan fingerprint density at radius 1 is 1.21 bits per heavy atom. The van der Waals surface area contributed by atoms with E-state index < -0.39 is 0 Å². The van der Waals surface area contributed by atoms with Crippen molar-refractivity contribution in [2.45, 2.75) is 83.3 Å². The molecule has 1 saturated heterocycles. The maximum absolute atomic E-state index is 10.5. The number of rotatable bonds is 12. The molecule has 4 heteroatoms. The average molecular weight is 422 g/mol. The van der Waals surface area contributed by atoms with Crippen LogP contribution in [0.25, 0.3) is 0 Å². The van der Waals surface area contributed by atoms with Crippen molar-refractivity contribution in [3.63, 3.8) is 0 Å². The summed E-state index contributed by atoms with van der Waals surface area (Å²) in [5.41, 5.74) is 1.61. The molecule has 2 fully saturated rings. The van der Waals surface area contributed by atoms with Crippen LogP contribution in [0.1, 0.15) is 71.1 Å². The van der Waals surface area contributed by atoms with Crippen molar-refractivity contribution in [2.24, 2.45) is 17.8 Å². The van der Waals surface area contributed by atoms with Crippen LogP contribution in [0, 0.1) is 17.8 Å². The fraction of sp³-hybridized carbons (Fsp3) is 0.840. The van der Waals surface area contributed by atoms with Gasteiger partial charge in [-0.1, -0.05) is 56.4 Å². The molecule has 0 aromatic carbocycles. The van der Waals surface area contributed by atoms with Gasteiger partial charge in [-0.05, 0) is 69.2 Å². The monoisotopic (exact) mass is 421 g/mol. The number of likely N-dealkylation sites (tertiary alicyclic amines) is 1. The van der Waals surface area contributed by atoms with E-state index in [1.165, 1.54) is 69.7 Å². The van der Waals surface area contributed by atoms with E-state index in [-0.39, 0.29) is 18.1 Å². The Balaban J connectivity index is 1.34. The number of hydrogen-bond donors (Lipinski definition) is 2. The standard InChI is InChI=1S/C25H43NO2S/c1-2-3-5-8-22(27)9-10-23-24-18-20(17-21(24)19-25(23)28)11-15-29-16-14-26-12-6-4-7-13-26/h9-10,17,21-25,27-28H,2-8,11-16,18-19H2,1H3/b10-9+/t21-,22-,23+,24-,25+/m0/s1. The minimum Gasteiger partial charge on any atom is -0.392 e. The molecule has 3 rings (SSSR count). The summed E-state index contributed by atoms with van der Waals surface area (Å²) >= 11 is 2.11. The molecule has 0 bridgehead atoms. The zero-order valence-electron chi connectivity index (χ0n) is 18.5. The Bertz CT molecular complexity index is 529. The van der Waals surface area contributed by atoms with Crippen LogP contribution < -0.4 is 0 Å². The van der Waals surface area contributed by atoms with Gasteiger partial charge in [0.2, 0.25) is 0 Å². The predicted octanol–water partition coefficient (Wildman–Crippen LogP) is 5.04. The van der Waals surface area contributed by atoms with E-state index in [9.17, 15) is 10.2 Å². The lowest BCUT2D eigenvalue weighted by atomic mass is 9.88. The Morgan fingerprint density at radius 3 is 2.83 bits per heavy atom. The van der Waals surface area contributed by atoms with Gasteiger partial charge in [0.25, 0.3) is 0 Å². The van der Waals surface area contributed by atoms with Gasteiger partial charge in [-0.25, -0.2) is 0 Å². The van der Waals surface area contributed by atoms with Gasteiger partial charge < -0.3 is 15.1 Å². The first-order valence-corrected chi connectivity index (χ1v) is 13.4. The van der Waals surface area contributed by atoms with Crippen LogP contribution >= 0.6 is 11.8 Å². The van der Waals surface area contributed by atoms with Crippen LogP contribution in [0.15, 0.2) is 23.8 Å². The number of allylic oxidation sites excluding steroid dienone is 2. The highest BCUT2D eigenvalue weighted by Gasteiger charge is 2.43. The molecular weight excluding hydrogens is 378 g/mol. The molecule has 29 heavy (non-hydrogen) atoms. The van der Waals surface area contributed by atoms with E-state index in [1.54, 1.807) is 5.57 Å². The van der Waals surface area contributed by atoms with Crippen LogP contribution in [0.2, 0.25) is 0 Å². The highest BCUT2D eigenvalue weighted by molar-refractivity contribution is 7.99. The molecule has 0 aromatic rings. The Morgan fingerprint density at radius 2 is 2.03 bits per heavy atom. The van der Waals surface area contributed by atoms with Crippen LogP contribution in [0.5, 0.6) is 0 Å². The maximum atomic E-state index is 10.5. The third kappa shape index (κ3) is 7.41. The van der Waals surface area contributed by atoms with E-state index in [4.69, 9.17) is 0 Å². The van der Waals surface area contributed by atoms with Crippen molar-refractivity contribution in [1.82, 2.24) is 4.90 Å². The molecule has 0 amide bonds. The molecule has 1 aliphatic heterocycles. The number of nitrogens with zero attached hydrogens (tertiary/aromatic N) is 1. The molecule has 2 aliphatic carbocycles. The van der Waals surface area contributed by atoms with E-state index >= 15 is 0 Å². The highest BCUT2D eigenvalue weighted by atomic mass is 32.2. The summed E-state index contributed by atoms with van der Waals surface area (Å²) in [6.45, 7) is 6.06. The minimum absolute atomic E-state index is 0.223. The number of aliphatic hydroxyl groups is 2. The number of fused-ring (bicyclic) bond motifs is 1. The molecule has 1 heterocycles. The fourth-order valence-corrected chi connectivity index (χ4v) is 6.43. The van der Waals surface area contributed by atoms with Crippen LogP contribution in [0.3, 0.4) is 0 Å². The number of hydrogen-bond acceptors (Lipinski definition) is 4. The third-order valence-electron chi connectivity index (χ3n) is 7.18. The van der Waals surface area contributed by atoms with Gasteiger partial charge in [-0.3, -0.25) is 0 Å². The molecule has 3 aliphatic rings. The molecular formula is C25H43NO2S. The topological polar surface area (TPSA) is 43.7 Å². The average Bonchev–Trinajstić information content (AvgIpc) is 3.23. The Kier molecular flexibility index (Phi) is 10.1. The van der Waals surface area contributed by atoms with Crippen LogP contribution in [-0.2, 0) is 0 Å². The summed E-state index contributed by atoms with van der Waals surface area (Å²) in [6, 6.07) is 0. The number of thioether (sulfide) groups is 1. The Labute approximate surface area is 183 Å². The minimum atomic E-state index is -0.349. The van der Waals surface area contributed by atoms with E-state index in [0.29, 0.717) is 11.8 Å². The molecule has 3 nitrogen and oxygen atoms in total. The molecule has 2 N–H and O–H groups in total. The van der Waals surface area contributed by atoms with E-state index in [1.807, 2.05) is 6.08 Å². The fourth-order valence-electron chi connectivity index (χ4n) is 5.43. The predicted molar refractivity (Wildman–Crippen MR) is 125 cm³/mol. The first-order valence-electron chi connectivity index (χ1n) is 12.2. The van der Waals surface area contributed by atoms with Crippen molar-refractivity contribution in [1.29, 1.82) is 0 Å². The summed E-state index contributed by atoms with van der Waals surface area (Å²) in [4.78, 5) is 2.63. The summed E-state index contributed by atoms with van der Waals surface area (Å²) in [6.07, 6.45) is 17.7. The normalized spacial score (nSPS) is 31.3. The van der Waals surface area contributed by atoms with Crippen LogP contribution in [0.4, 0.5) is 0 Å². The van der Waals surface area contributed by atoms with Crippen molar-refractivity contribution < 1.29 is 10.2 Å². The number of unbranched alkanes of at least 4 members (excludes halogenated alkanes) is 2.